The predicted molar refractivity (Wildman–Crippen MR) is 141 cm³/mol. The van der Waals surface area contributed by atoms with E-state index in [9.17, 15) is 9.50 Å². The highest BCUT2D eigenvalue weighted by Crippen LogP contribution is 2.45. The van der Waals surface area contributed by atoms with E-state index in [4.69, 9.17) is 9.72 Å². The number of nitrogens with zero attached hydrogens (tertiary/aromatic N) is 6. The number of aryl methyl sites for hydroxylation is 2. The van der Waals surface area contributed by atoms with Crippen LogP contribution in [0.3, 0.4) is 0 Å². The number of pyridine rings is 2. The Labute approximate surface area is 217 Å². The van der Waals surface area contributed by atoms with Crippen LogP contribution < -0.4 is 0 Å². The smallest absolute Gasteiger partial charge is 0.141 e. The van der Waals surface area contributed by atoms with Crippen molar-refractivity contribution >= 4 is 32.6 Å². The van der Waals surface area contributed by atoms with Gasteiger partial charge in [0.25, 0.3) is 0 Å². The van der Waals surface area contributed by atoms with Gasteiger partial charge in [-0.25, -0.2) is 9.07 Å². The molecule has 1 fully saturated rings. The van der Waals surface area contributed by atoms with Crippen molar-refractivity contribution in [3.05, 3.63) is 59.4 Å². The van der Waals surface area contributed by atoms with Crippen molar-refractivity contribution in [2.24, 2.45) is 13.0 Å². The quantitative estimate of drug-likeness (QED) is 0.345. The van der Waals surface area contributed by atoms with Crippen LogP contribution in [-0.2, 0) is 17.4 Å². The SMILES string of the molecule is Cc1nnn(C)c1-c1cc2c(s1)c1ncc(C(C)(C)O)cc1n2C(c1ccc(F)cn1)C1CCOCC1. The van der Waals surface area contributed by atoms with Crippen molar-refractivity contribution in [1.29, 1.82) is 0 Å². The van der Waals surface area contributed by atoms with Gasteiger partial charge >= 0.3 is 0 Å². The number of halogens is 1. The third kappa shape index (κ3) is 4.13. The normalized spacial score (nSPS) is 16.2. The molecule has 1 saturated heterocycles. The summed E-state index contributed by atoms with van der Waals surface area (Å²) in [5.74, 6) is -0.125. The molecule has 5 aromatic heterocycles. The number of aromatic nitrogens is 6. The molecule has 10 heteroatoms. The Morgan fingerprint density at radius 2 is 1.92 bits per heavy atom. The Morgan fingerprint density at radius 3 is 2.57 bits per heavy atom. The molecule has 1 aliphatic rings. The van der Waals surface area contributed by atoms with Gasteiger partial charge in [-0.15, -0.1) is 16.4 Å². The Morgan fingerprint density at radius 1 is 1.14 bits per heavy atom. The van der Waals surface area contributed by atoms with Gasteiger partial charge in [0.15, 0.2) is 0 Å². The molecule has 8 nitrogen and oxygen atoms in total. The second-order valence-corrected chi connectivity index (χ2v) is 11.3. The molecule has 5 aromatic rings. The minimum Gasteiger partial charge on any atom is -0.386 e. The molecule has 0 bridgehead atoms. The van der Waals surface area contributed by atoms with E-state index in [1.54, 1.807) is 42.1 Å². The molecule has 0 spiro atoms. The molecule has 6 rings (SSSR count). The lowest BCUT2D eigenvalue weighted by atomic mass is 9.88. The van der Waals surface area contributed by atoms with Crippen molar-refractivity contribution in [1.82, 2.24) is 29.5 Å². The Kier molecular flexibility index (Phi) is 5.85. The molecule has 0 amide bonds. The Hall–Kier alpha value is -3.21. The average Bonchev–Trinajstić information content (AvgIpc) is 3.52. The highest BCUT2D eigenvalue weighted by Gasteiger charge is 2.33. The summed E-state index contributed by atoms with van der Waals surface area (Å²) in [4.78, 5) is 10.5. The number of hydrogen-bond acceptors (Lipinski definition) is 7. The summed E-state index contributed by atoms with van der Waals surface area (Å²) >= 11 is 1.66. The van der Waals surface area contributed by atoms with Crippen LogP contribution in [0.5, 0.6) is 0 Å². The topological polar surface area (TPSA) is 90.9 Å². The van der Waals surface area contributed by atoms with E-state index in [0.717, 1.165) is 61.6 Å². The summed E-state index contributed by atoms with van der Waals surface area (Å²) in [6.45, 7) is 6.83. The van der Waals surface area contributed by atoms with Gasteiger partial charge < -0.3 is 14.4 Å². The Balaban J connectivity index is 1.67. The lowest BCUT2D eigenvalue weighted by Crippen LogP contribution is -2.27. The second kappa shape index (κ2) is 8.97. The molecule has 0 aliphatic carbocycles. The number of ether oxygens (including phenoxy) is 1. The van der Waals surface area contributed by atoms with E-state index in [1.165, 1.54) is 12.3 Å². The molecule has 1 N–H and O–H groups in total. The van der Waals surface area contributed by atoms with Crippen molar-refractivity contribution in [2.75, 3.05) is 13.2 Å². The first-order chi connectivity index (χ1) is 17.7. The molecule has 192 valence electrons. The number of thiophene rings is 1. The molecule has 0 saturated carbocycles. The summed E-state index contributed by atoms with van der Waals surface area (Å²) in [5.41, 5.74) is 5.13. The largest absolute Gasteiger partial charge is 0.386 e. The maximum Gasteiger partial charge on any atom is 0.141 e. The van der Waals surface area contributed by atoms with Crippen molar-refractivity contribution < 1.29 is 14.2 Å². The fraction of sp³-hybridized carbons (Fsp3) is 0.407. The van der Waals surface area contributed by atoms with Crippen LogP contribution in [0, 0.1) is 18.7 Å². The summed E-state index contributed by atoms with van der Waals surface area (Å²) in [6, 6.07) is 7.30. The summed E-state index contributed by atoms with van der Waals surface area (Å²) in [5, 5.41) is 19.2. The fourth-order valence-corrected chi connectivity index (χ4v) is 6.68. The lowest BCUT2D eigenvalue weighted by molar-refractivity contribution is 0.0547. The van der Waals surface area contributed by atoms with Crippen molar-refractivity contribution in [2.45, 2.75) is 45.3 Å². The third-order valence-electron chi connectivity index (χ3n) is 7.29. The van der Waals surface area contributed by atoms with Gasteiger partial charge in [0, 0.05) is 32.0 Å². The van der Waals surface area contributed by atoms with Crippen LogP contribution >= 0.6 is 11.3 Å². The molecule has 37 heavy (non-hydrogen) atoms. The van der Waals surface area contributed by atoms with Gasteiger partial charge in [0.05, 0.1) is 49.8 Å². The zero-order chi connectivity index (χ0) is 25.9. The third-order valence-corrected chi connectivity index (χ3v) is 8.43. The monoisotopic (exact) mass is 520 g/mol. The summed E-state index contributed by atoms with van der Waals surface area (Å²) < 4.78 is 24.7. The molecule has 6 heterocycles. The zero-order valence-corrected chi connectivity index (χ0v) is 22.1. The molecule has 1 aliphatic heterocycles. The number of aliphatic hydroxyl groups is 1. The van der Waals surface area contributed by atoms with E-state index in [1.807, 2.05) is 20.0 Å². The van der Waals surface area contributed by atoms with Gasteiger partial charge in [0.2, 0.25) is 0 Å². The van der Waals surface area contributed by atoms with Crippen LogP contribution in [0.25, 0.3) is 31.8 Å². The maximum absolute atomic E-state index is 13.9. The van der Waals surface area contributed by atoms with Crippen LogP contribution in [0.15, 0.2) is 36.7 Å². The van der Waals surface area contributed by atoms with Gasteiger partial charge in [-0.2, -0.15) is 0 Å². The molecule has 0 aromatic carbocycles. The van der Waals surface area contributed by atoms with Crippen LogP contribution in [-0.4, -0.2) is 47.8 Å². The predicted octanol–water partition coefficient (Wildman–Crippen LogP) is 5.13. The van der Waals surface area contributed by atoms with Crippen LogP contribution in [0.1, 0.15) is 49.7 Å². The van der Waals surface area contributed by atoms with E-state index in [0.29, 0.717) is 13.2 Å². The number of fused-ring (bicyclic) bond motifs is 3. The van der Waals surface area contributed by atoms with Gasteiger partial charge in [-0.3, -0.25) is 9.97 Å². The molecule has 1 atom stereocenters. The molecule has 0 radical (unpaired) electrons. The molecular formula is C27H29FN6O2S. The van der Waals surface area contributed by atoms with Crippen molar-refractivity contribution in [3.63, 3.8) is 0 Å². The molecular weight excluding hydrogens is 491 g/mol. The van der Waals surface area contributed by atoms with Crippen LogP contribution in [0.2, 0.25) is 0 Å². The zero-order valence-electron chi connectivity index (χ0n) is 21.3. The standard InChI is InChI=1S/C27H29FN6O2S/c1-15-24(33(4)32-31-15)22-12-21-26(37-22)23-20(11-17(13-30-23)27(2,3)35)34(21)25(16-7-9-36-10-8-16)19-6-5-18(28)14-29-19/h5-6,11-14,16,25,35H,7-10H2,1-4H3. The van der Waals surface area contributed by atoms with Gasteiger partial charge in [-0.1, -0.05) is 5.21 Å². The summed E-state index contributed by atoms with van der Waals surface area (Å²) in [6.07, 6.45) is 4.77. The van der Waals surface area contributed by atoms with E-state index in [2.05, 4.69) is 25.9 Å². The average molecular weight is 521 g/mol. The Bertz CT molecular complexity index is 1570. The lowest BCUT2D eigenvalue weighted by Gasteiger charge is -2.32. The first kappa shape index (κ1) is 24.1. The maximum atomic E-state index is 13.9. The van der Waals surface area contributed by atoms with Gasteiger partial charge in [-0.05, 0) is 63.8 Å². The van der Waals surface area contributed by atoms with Gasteiger partial charge in [0.1, 0.15) is 17.0 Å². The number of rotatable bonds is 5. The van der Waals surface area contributed by atoms with Crippen LogP contribution in [0.4, 0.5) is 4.39 Å². The van der Waals surface area contributed by atoms with E-state index < -0.39 is 5.60 Å². The minimum atomic E-state index is -1.05. The van der Waals surface area contributed by atoms with E-state index in [-0.39, 0.29) is 17.8 Å². The fourth-order valence-electron chi connectivity index (χ4n) is 5.40. The second-order valence-electron chi connectivity index (χ2n) is 10.3. The molecule has 1 unspecified atom stereocenters. The van der Waals surface area contributed by atoms with Crippen molar-refractivity contribution in [3.8, 4) is 10.6 Å². The first-order valence-electron chi connectivity index (χ1n) is 12.4. The first-order valence-corrected chi connectivity index (χ1v) is 13.3. The minimum absolute atomic E-state index is 0.156. The van der Waals surface area contributed by atoms with E-state index >= 15 is 0 Å². The highest BCUT2D eigenvalue weighted by atomic mass is 32.1. The highest BCUT2D eigenvalue weighted by molar-refractivity contribution is 7.23. The summed E-state index contributed by atoms with van der Waals surface area (Å²) in [7, 11) is 1.90. The number of hydrogen-bond donors (Lipinski definition) is 1.